The average molecular weight is 213 g/mol. The molecule has 0 fully saturated rings. The largest absolute Gasteiger partial charge is 0.275 e. The van der Waals surface area contributed by atoms with Gasteiger partial charge < -0.3 is 0 Å². The number of alkyl halides is 1. The van der Waals surface area contributed by atoms with Gasteiger partial charge in [0.1, 0.15) is 5.69 Å². The van der Waals surface area contributed by atoms with Gasteiger partial charge in [-0.3, -0.25) is 4.68 Å². The molecule has 0 bridgehead atoms. The molecule has 0 amide bonds. The van der Waals surface area contributed by atoms with Crippen molar-refractivity contribution in [1.82, 2.24) is 9.78 Å². The molecule has 0 atom stereocenters. The predicted octanol–water partition coefficient (Wildman–Crippen LogP) is 1.56. The Kier molecular flexibility index (Phi) is 3.18. The van der Waals surface area contributed by atoms with Crippen molar-refractivity contribution >= 4 is 15.9 Å². The van der Waals surface area contributed by atoms with E-state index in [0.29, 0.717) is 0 Å². The molecule has 0 aromatic carbocycles. The Morgan fingerprint density at radius 1 is 1.73 bits per heavy atom. The van der Waals surface area contributed by atoms with Gasteiger partial charge in [0.2, 0.25) is 0 Å². The highest BCUT2D eigenvalue weighted by Gasteiger charge is 1.87. The maximum absolute atomic E-state index is 4.11. The van der Waals surface area contributed by atoms with Gasteiger partial charge in [-0.1, -0.05) is 21.9 Å². The summed E-state index contributed by atoms with van der Waals surface area (Å²) in [5.41, 5.74) is 0.841. The average Bonchev–Trinajstić information content (AvgIpc) is 2.37. The Balaban J connectivity index is 2.59. The maximum Gasteiger partial charge on any atom is 0.135 e. The fourth-order valence-electron chi connectivity index (χ4n) is 0.682. The Morgan fingerprint density at radius 3 is 3.09 bits per heavy atom. The second-order valence-electron chi connectivity index (χ2n) is 2.12. The highest BCUT2D eigenvalue weighted by molar-refractivity contribution is 9.09. The molecule has 1 aromatic heterocycles. The lowest BCUT2D eigenvalue weighted by atomic mass is 10.4. The van der Waals surface area contributed by atoms with E-state index in [-0.39, 0.29) is 0 Å². The number of hydrogen-bond acceptors (Lipinski definition) is 1. The van der Waals surface area contributed by atoms with Gasteiger partial charge in [0.05, 0.1) is 0 Å². The molecule has 3 heteroatoms. The molecule has 0 aliphatic rings. The Bertz CT molecular complexity index is 280. The molecule has 0 spiro atoms. The first-order valence-corrected chi connectivity index (χ1v) is 4.49. The minimum Gasteiger partial charge on any atom is -0.275 e. The molecule has 1 rings (SSSR count). The molecule has 0 saturated carbocycles. The van der Waals surface area contributed by atoms with E-state index in [1.54, 1.807) is 4.68 Å². The van der Waals surface area contributed by atoms with E-state index in [4.69, 9.17) is 0 Å². The van der Waals surface area contributed by atoms with Crippen molar-refractivity contribution in [2.45, 2.75) is 6.42 Å². The summed E-state index contributed by atoms with van der Waals surface area (Å²) in [6, 6.07) is 1.90. The first-order valence-electron chi connectivity index (χ1n) is 3.37. The Hall–Kier alpha value is -0.750. The molecule has 11 heavy (non-hydrogen) atoms. The zero-order valence-electron chi connectivity index (χ0n) is 6.34. The molecule has 0 aliphatic heterocycles. The topological polar surface area (TPSA) is 17.8 Å². The lowest BCUT2D eigenvalue weighted by Crippen LogP contribution is -1.87. The molecule has 0 aliphatic carbocycles. The van der Waals surface area contributed by atoms with Crippen molar-refractivity contribution in [3.8, 4) is 11.8 Å². The summed E-state index contributed by atoms with van der Waals surface area (Å²) in [5.74, 6) is 5.95. The quantitative estimate of drug-likeness (QED) is 0.511. The molecule has 2 nitrogen and oxygen atoms in total. The Morgan fingerprint density at radius 2 is 2.55 bits per heavy atom. The van der Waals surface area contributed by atoms with Gasteiger partial charge in [0.15, 0.2) is 0 Å². The summed E-state index contributed by atoms with van der Waals surface area (Å²) >= 11 is 3.30. The lowest BCUT2D eigenvalue weighted by Gasteiger charge is -1.81. The van der Waals surface area contributed by atoms with Gasteiger partial charge in [0, 0.05) is 25.0 Å². The standard InChI is InChI=1S/C8H9BrN2/c1-11-7-5-8(10-11)4-2-3-6-9/h5,7H,3,6H2,1H3. The minimum absolute atomic E-state index is 0.841. The molecular weight excluding hydrogens is 204 g/mol. The van der Waals surface area contributed by atoms with Gasteiger partial charge in [-0.05, 0) is 12.0 Å². The summed E-state index contributed by atoms with van der Waals surface area (Å²) in [6.07, 6.45) is 2.76. The van der Waals surface area contributed by atoms with Crippen LogP contribution in [-0.4, -0.2) is 15.1 Å². The van der Waals surface area contributed by atoms with E-state index in [0.717, 1.165) is 17.4 Å². The summed E-state index contributed by atoms with van der Waals surface area (Å²) < 4.78 is 1.75. The van der Waals surface area contributed by atoms with Crippen LogP contribution < -0.4 is 0 Å². The van der Waals surface area contributed by atoms with Gasteiger partial charge in [-0.15, -0.1) is 0 Å². The highest BCUT2D eigenvalue weighted by Crippen LogP contribution is 1.91. The van der Waals surface area contributed by atoms with E-state index in [1.807, 2.05) is 19.3 Å². The van der Waals surface area contributed by atoms with Crippen LogP contribution in [0.3, 0.4) is 0 Å². The van der Waals surface area contributed by atoms with Gasteiger partial charge in [-0.25, -0.2) is 0 Å². The smallest absolute Gasteiger partial charge is 0.135 e. The van der Waals surface area contributed by atoms with E-state index in [9.17, 15) is 0 Å². The molecule has 0 unspecified atom stereocenters. The van der Waals surface area contributed by atoms with E-state index < -0.39 is 0 Å². The summed E-state index contributed by atoms with van der Waals surface area (Å²) in [7, 11) is 1.88. The number of aromatic nitrogens is 2. The van der Waals surface area contributed by atoms with Gasteiger partial charge in [0.25, 0.3) is 0 Å². The number of aryl methyl sites for hydroxylation is 1. The normalized spacial score (nSPS) is 8.91. The van der Waals surface area contributed by atoms with Crippen LogP contribution in [0.25, 0.3) is 0 Å². The van der Waals surface area contributed by atoms with Crippen molar-refractivity contribution in [1.29, 1.82) is 0 Å². The van der Waals surface area contributed by atoms with Crippen LogP contribution in [0.5, 0.6) is 0 Å². The lowest BCUT2D eigenvalue weighted by molar-refractivity contribution is 0.764. The van der Waals surface area contributed by atoms with E-state index in [2.05, 4.69) is 32.9 Å². The predicted molar refractivity (Wildman–Crippen MR) is 48.5 cm³/mol. The van der Waals surface area contributed by atoms with Crippen LogP contribution in [0.1, 0.15) is 12.1 Å². The molecule has 1 aromatic rings. The van der Waals surface area contributed by atoms with Gasteiger partial charge in [-0.2, -0.15) is 5.10 Å². The third-order valence-electron chi connectivity index (χ3n) is 1.15. The van der Waals surface area contributed by atoms with E-state index in [1.165, 1.54) is 0 Å². The molecule has 0 N–H and O–H groups in total. The van der Waals surface area contributed by atoms with Crippen LogP contribution in [-0.2, 0) is 7.05 Å². The highest BCUT2D eigenvalue weighted by atomic mass is 79.9. The molecule has 0 saturated heterocycles. The first-order chi connectivity index (χ1) is 5.33. The summed E-state index contributed by atoms with van der Waals surface area (Å²) in [5, 5.41) is 5.03. The fourth-order valence-corrected chi connectivity index (χ4v) is 0.880. The second kappa shape index (κ2) is 4.20. The van der Waals surface area contributed by atoms with Crippen molar-refractivity contribution in [2.75, 3.05) is 5.33 Å². The molecule has 0 radical (unpaired) electrons. The number of rotatable bonds is 1. The molecule has 58 valence electrons. The Labute approximate surface area is 74.7 Å². The van der Waals surface area contributed by atoms with Crippen molar-refractivity contribution in [3.63, 3.8) is 0 Å². The monoisotopic (exact) mass is 212 g/mol. The molecular formula is C8H9BrN2. The number of nitrogens with zero attached hydrogens (tertiary/aromatic N) is 2. The zero-order chi connectivity index (χ0) is 8.10. The van der Waals surface area contributed by atoms with Crippen molar-refractivity contribution in [3.05, 3.63) is 18.0 Å². The van der Waals surface area contributed by atoms with Crippen molar-refractivity contribution in [2.24, 2.45) is 7.05 Å². The summed E-state index contributed by atoms with van der Waals surface area (Å²) in [6.45, 7) is 0. The molecule has 1 heterocycles. The van der Waals surface area contributed by atoms with E-state index >= 15 is 0 Å². The third-order valence-corrected chi connectivity index (χ3v) is 1.55. The number of halogens is 1. The maximum atomic E-state index is 4.11. The van der Waals surface area contributed by atoms with Crippen LogP contribution in [0.2, 0.25) is 0 Å². The third kappa shape index (κ3) is 2.77. The van der Waals surface area contributed by atoms with Crippen molar-refractivity contribution < 1.29 is 0 Å². The zero-order valence-corrected chi connectivity index (χ0v) is 7.93. The SMILES string of the molecule is Cn1ccc(C#CCCBr)n1. The number of hydrogen-bond donors (Lipinski definition) is 0. The second-order valence-corrected chi connectivity index (χ2v) is 2.91. The van der Waals surface area contributed by atoms with Gasteiger partial charge >= 0.3 is 0 Å². The van der Waals surface area contributed by atoms with Crippen LogP contribution in [0, 0.1) is 11.8 Å². The fraction of sp³-hybridized carbons (Fsp3) is 0.375. The minimum atomic E-state index is 0.841. The first kappa shape index (κ1) is 8.35. The summed E-state index contributed by atoms with van der Waals surface area (Å²) in [4.78, 5) is 0. The van der Waals surface area contributed by atoms with Crippen LogP contribution in [0.4, 0.5) is 0 Å². The van der Waals surface area contributed by atoms with Crippen LogP contribution in [0.15, 0.2) is 12.3 Å². The van der Waals surface area contributed by atoms with Crippen LogP contribution >= 0.6 is 15.9 Å².